The summed E-state index contributed by atoms with van der Waals surface area (Å²) in [7, 11) is 1.67. The Bertz CT molecular complexity index is 1230. The maximum atomic E-state index is 13.7. The summed E-state index contributed by atoms with van der Waals surface area (Å²) in [5.41, 5.74) is 7.34. The third-order valence-electron chi connectivity index (χ3n) is 7.25. The highest BCUT2D eigenvalue weighted by Crippen LogP contribution is 2.44. The number of ether oxygens (including phenoxy) is 1. The first-order chi connectivity index (χ1) is 17.1. The third kappa shape index (κ3) is 4.51. The average molecular weight is 468 g/mol. The van der Waals surface area contributed by atoms with Gasteiger partial charge in [0.05, 0.1) is 24.5 Å². The first-order valence-electron chi connectivity index (χ1n) is 12.5. The van der Waals surface area contributed by atoms with Crippen molar-refractivity contribution in [3.05, 3.63) is 95.2 Å². The fraction of sp³-hybridized carbons (Fsp3) is 0.300. The standard InChI is InChI=1S/C30H33N3O2/c1-4-33(5-2)23-14-10-21(11-15-23)30-29-27(31-25-8-6-7-9-26(25)32-30)18-22(19-28(29)34)20-12-16-24(35-3)17-13-20/h6-17,22,30-32H,4-5,18-19H2,1-3H3. The van der Waals surface area contributed by atoms with Gasteiger partial charge < -0.3 is 20.3 Å². The predicted octanol–water partition coefficient (Wildman–Crippen LogP) is 6.52. The first kappa shape index (κ1) is 23.0. The number of carbonyl (C=O) groups excluding carboxylic acids is 1. The van der Waals surface area contributed by atoms with Crippen molar-refractivity contribution in [1.82, 2.24) is 0 Å². The van der Waals surface area contributed by atoms with E-state index in [1.165, 1.54) is 5.69 Å². The Hall–Kier alpha value is -3.73. The molecule has 2 N–H and O–H groups in total. The summed E-state index contributed by atoms with van der Waals surface area (Å²) < 4.78 is 5.32. The minimum Gasteiger partial charge on any atom is -0.497 e. The molecule has 2 unspecified atom stereocenters. The number of methoxy groups -OCH3 is 1. The maximum absolute atomic E-state index is 13.7. The highest BCUT2D eigenvalue weighted by molar-refractivity contribution is 6.01. The minimum absolute atomic E-state index is 0.135. The lowest BCUT2D eigenvalue weighted by Gasteiger charge is -2.30. The Morgan fingerprint density at radius 2 is 1.51 bits per heavy atom. The molecule has 35 heavy (non-hydrogen) atoms. The van der Waals surface area contributed by atoms with E-state index in [1.807, 2.05) is 24.3 Å². The van der Waals surface area contributed by atoms with Gasteiger partial charge in [-0.25, -0.2) is 0 Å². The monoisotopic (exact) mass is 467 g/mol. The van der Waals surface area contributed by atoms with Crippen molar-refractivity contribution in [2.75, 3.05) is 35.7 Å². The molecule has 180 valence electrons. The number of rotatable bonds is 6. The van der Waals surface area contributed by atoms with Crippen LogP contribution in [-0.4, -0.2) is 26.0 Å². The number of hydrogen-bond acceptors (Lipinski definition) is 5. The predicted molar refractivity (Wildman–Crippen MR) is 143 cm³/mol. The Morgan fingerprint density at radius 3 is 2.17 bits per heavy atom. The molecule has 1 aliphatic heterocycles. The Kier molecular flexibility index (Phi) is 6.49. The van der Waals surface area contributed by atoms with E-state index in [1.54, 1.807) is 7.11 Å². The van der Waals surface area contributed by atoms with Crippen LogP contribution >= 0.6 is 0 Å². The van der Waals surface area contributed by atoms with Crippen LogP contribution in [0.3, 0.4) is 0 Å². The second-order valence-electron chi connectivity index (χ2n) is 9.21. The zero-order valence-corrected chi connectivity index (χ0v) is 20.7. The summed E-state index contributed by atoms with van der Waals surface area (Å²) in [4.78, 5) is 16.1. The molecule has 5 nitrogen and oxygen atoms in total. The highest BCUT2D eigenvalue weighted by Gasteiger charge is 2.36. The molecule has 3 aromatic carbocycles. The molecule has 0 amide bonds. The van der Waals surface area contributed by atoms with Crippen LogP contribution in [0.5, 0.6) is 5.75 Å². The van der Waals surface area contributed by atoms with Crippen LogP contribution < -0.4 is 20.3 Å². The normalized spacial score (nSPS) is 19.1. The SMILES string of the molecule is CCN(CC)c1ccc(C2Nc3ccccc3NC3=C2C(=O)CC(c2ccc(OC)cc2)C3)cc1. The van der Waals surface area contributed by atoms with Gasteiger partial charge in [-0.3, -0.25) is 4.79 Å². The molecule has 0 spiro atoms. The molecule has 5 rings (SSSR count). The molecule has 2 aliphatic rings. The van der Waals surface area contributed by atoms with Gasteiger partial charge in [-0.15, -0.1) is 0 Å². The van der Waals surface area contributed by atoms with Crippen LogP contribution in [0.25, 0.3) is 0 Å². The lowest BCUT2D eigenvalue weighted by molar-refractivity contribution is -0.116. The summed E-state index contributed by atoms with van der Waals surface area (Å²) in [6, 6.07) is 24.8. The number of hydrogen-bond donors (Lipinski definition) is 2. The second-order valence-corrected chi connectivity index (χ2v) is 9.21. The number of ketones is 1. The topological polar surface area (TPSA) is 53.6 Å². The third-order valence-corrected chi connectivity index (χ3v) is 7.25. The molecule has 5 heteroatoms. The number of fused-ring (bicyclic) bond motifs is 1. The molecule has 2 atom stereocenters. The van der Waals surface area contributed by atoms with Crippen molar-refractivity contribution < 1.29 is 9.53 Å². The van der Waals surface area contributed by atoms with Gasteiger partial charge in [0.25, 0.3) is 0 Å². The van der Waals surface area contributed by atoms with Crippen molar-refractivity contribution in [2.24, 2.45) is 0 Å². The van der Waals surface area contributed by atoms with E-state index in [2.05, 4.69) is 77.9 Å². The lowest BCUT2D eigenvalue weighted by atomic mass is 9.78. The lowest BCUT2D eigenvalue weighted by Crippen LogP contribution is -2.27. The molecule has 1 aliphatic carbocycles. The largest absolute Gasteiger partial charge is 0.497 e. The molecule has 3 aromatic rings. The van der Waals surface area contributed by atoms with Gasteiger partial charge in [-0.1, -0.05) is 36.4 Å². The van der Waals surface area contributed by atoms with Crippen LogP contribution in [-0.2, 0) is 4.79 Å². The van der Waals surface area contributed by atoms with Crippen LogP contribution in [0.15, 0.2) is 84.1 Å². The molecular weight excluding hydrogens is 434 g/mol. The molecule has 1 heterocycles. The molecular formula is C30H33N3O2. The fourth-order valence-corrected chi connectivity index (χ4v) is 5.32. The van der Waals surface area contributed by atoms with Crippen LogP contribution in [0, 0.1) is 0 Å². The number of anilines is 3. The molecule has 0 bridgehead atoms. The zero-order valence-electron chi connectivity index (χ0n) is 20.7. The quantitative estimate of drug-likeness (QED) is 0.432. The Balaban J connectivity index is 1.53. The van der Waals surface area contributed by atoms with Gasteiger partial charge >= 0.3 is 0 Å². The second kappa shape index (κ2) is 9.87. The van der Waals surface area contributed by atoms with E-state index < -0.39 is 0 Å². The van der Waals surface area contributed by atoms with Crippen LogP contribution in [0.1, 0.15) is 49.8 Å². The zero-order chi connectivity index (χ0) is 24.4. The summed E-state index contributed by atoms with van der Waals surface area (Å²) in [6.07, 6.45) is 1.29. The smallest absolute Gasteiger partial charge is 0.163 e. The van der Waals surface area contributed by atoms with E-state index in [0.29, 0.717) is 6.42 Å². The first-order valence-corrected chi connectivity index (χ1v) is 12.5. The van der Waals surface area contributed by atoms with Gasteiger partial charge in [0.1, 0.15) is 5.75 Å². The number of para-hydroxylation sites is 2. The molecule has 0 radical (unpaired) electrons. The summed E-state index contributed by atoms with van der Waals surface area (Å²) in [5.74, 6) is 1.16. The molecule has 0 saturated carbocycles. The van der Waals surface area contributed by atoms with Gasteiger partial charge in [-0.05, 0) is 73.7 Å². The van der Waals surface area contributed by atoms with Gasteiger partial charge in [0.2, 0.25) is 0 Å². The van der Waals surface area contributed by atoms with E-state index in [-0.39, 0.29) is 17.7 Å². The van der Waals surface area contributed by atoms with Crippen molar-refractivity contribution in [3.63, 3.8) is 0 Å². The van der Waals surface area contributed by atoms with Gasteiger partial charge in [0.15, 0.2) is 5.78 Å². The number of allylic oxidation sites excluding steroid dienone is 1. The Morgan fingerprint density at radius 1 is 0.857 bits per heavy atom. The van der Waals surface area contributed by atoms with Crippen LogP contribution in [0.2, 0.25) is 0 Å². The highest BCUT2D eigenvalue weighted by atomic mass is 16.5. The number of nitrogens with zero attached hydrogens (tertiary/aromatic N) is 1. The average Bonchev–Trinajstić information content (AvgIpc) is 3.07. The van der Waals surface area contributed by atoms with E-state index in [4.69, 9.17) is 4.74 Å². The van der Waals surface area contributed by atoms with Crippen molar-refractivity contribution in [3.8, 4) is 5.75 Å². The van der Waals surface area contributed by atoms with Crippen molar-refractivity contribution in [1.29, 1.82) is 0 Å². The number of nitrogens with one attached hydrogen (secondary N) is 2. The van der Waals surface area contributed by atoms with Crippen LogP contribution in [0.4, 0.5) is 17.1 Å². The maximum Gasteiger partial charge on any atom is 0.163 e. The molecule has 0 aromatic heterocycles. The summed E-state index contributed by atoms with van der Waals surface area (Å²) >= 11 is 0. The van der Waals surface area contributed by atoms with Gasteiger partial charge in [0, 0.05) is 36.5 Å². The molecule has 0 saturated heterocycles. The van der Waals surface area contributed by atoms with Crippen molar-refractivity contribution in [2.45, 2.75) is 38.6 Å². The van der Waals surface area contributed by atoms with E-state index in [0.717, 1.165) is 59.0 Å². The van der Waals surface area contributed by atoms with E-state index in [9.17, 15) is 4.79 Å². The minimum atomic E-state index is -0.198. The summed E-state index contributed by atoms with van der Waals surface area (Å²) in [5, 5.41) is 7.31. The Labute approximate surface area is 207 Å². The number of Topliss-reactive ketones (excluding diaryl/α,β-unsaturated/α-hetero) is 1. The fourth-order valence-electron chi connectivity index (χ4n) is 5.32. The van der Waals surface area contributed by atoms with E-state index >= 15 is 0 Å². The molecule has 0 fully saturated rings. The van der Waals surface area contributed by atoms with Crippen molar-refractivity contribution >= 4 is 22.8 Å². The summed E-state index contributed by atoms with van der Waals surface area (Å²) in [6.45, 7) is 6.28. The van der Waals surface area contributed by atoms with Gasteiger partial charge in [-0.2, -0.15) is 0 Å². The number of carbonyl (C=O) groups is 1. The number of benzene rings is 3.